The van der Waals surface area contributed by atoms with Crippen molar-refractivity contribution in [2.75, 3.05) is 12.3 Å². The molecule has 4 nitrogen and oxygen atoms in total. The first-order valence-electron chi connectivity index (χ1n) is 6.39. The number of rotatable bonds is 0. The number of phenolic OH excluding ortho intramolecular Hbond substituents is 1. The van der Waals surface area contributed by atoms with E-state index in [1.54, 1.807) is 22.7 Å². The number of ether oxygens (including phenoxy) is 1. The molecule has 0 spiro atoms. The SMILES string of the molecule is CC(C)(C)OC(=O)N1CCSc2ccc(O)c(I)c2C1. The molecule has 0 saturated heterocycles. The average molecular weight is 407 g/mol. The Balaban J connectivity index is 2.23. The Kier molecular flexibility index (Phi) is 4.73. The van der Waals surface area contributed by atoms with E-state index in [0.29, 0.717) is 13.1 Å². The fourth-order valence-corrected chi connectivity index (χ4v) is 3.75. The number of halogens is 1. The predicted molar refractivity (Wildman–Crippen MR) is 88.2 cm³/mol. The zero-order valence-corrected chi connectivity index (χ0v) is 14.7. The van der Waals surface area contributed by atoms with Crippen molar-refractivity contribution < 1.29 is 14.6 Å². The Labute approximate surface area is 137 Å². The van der Waals surface area contributed by atoms with Gasteiger partial charge in [0.2, 0.25) is 0 Å². The van der Waals surface area contributed by atoms with E-state index >= 15 is 0 Å². The van der Waals surface area contributed by atoms with Crippen LogP contribution in [0.3, 0.4) is 0 Å². The molecule has 1 aliphatic heterocycles. The average Bonchev–Trinajstić information content (AvgIpc) is 2.54. The van der Waals surface area contributed by atoms with Gasteiger partial charge in [0.25, 0.3) is 0 Å². The summed E-state index contributed by atoms with van der Waals surface area (Å²) >= 11 is 3.83. The molecule has 1 heterocycles. The van der Waals surface area contributed by atoms with Crippen LogP contribution in [0, 0.1) is 3.57 Å². The summed E-state index contributed by atoms with van der Waals surface area (Å²) in [6, 6.07) is 3.62. The van der Waals surface area contributed by atoms with Gasteiger partial charge >= 0.3 is 6.09 Å². The van der Waals surface area contributed by atoms with Gasteiger partial charge in [0.1, 0.15) is 11.4 Å². The van der Waals surface area contributed by atoms with E-state index in [0.717, 1.165) is 19.8 Å². The topological polar surface area (TPSA) is 49.8 Å². The van der Waals surface area contributed by atoms with Crippen LogP contribution in [-0.4, -0.2) is 34.0 Å². The maximum atomic E-state index is 12.2. The van der Waals surface area contributed by atoms with Crippen molar-refractivity contribution in [3.8, 4) is 5.75 Å². The van der Waals surface area contributed by atoms with E-state index in [1.165, 1.54) is 0 Å². The number of phenols is 1. The van der Waals surface area contributed by atoms with E-state index < -0.39 is 5.60 Å². The number of hydrogen-bond donors (Lipinski definition) is 1. The first-order chi connectivity index (χ1) is 9.28. The molecule has 0 bridgehead atoms. The molecular weight excluding hydrogens is 389 g/mol. The number of thioether (sulfide) groups is 1. The van der Waals surface area contributed by atoms with Crippen LogP contribution in [-0.2, 0) is 11.3 Å². The number of amides is 1. The monoisotopic (exact) mass is 407 g/mol. The quantitative estimate of drug-likeness (QED) is 0.664. The minimum atomic E-state index is -0.495. The Morgan fingerprint density at radius 3 is 2.80 bits per heavy atom. The van der Waals surface area contributed by atoms with Gasteiger partial charge in [0.05, 0.1) is 10.1 Å². The summed E-state index contributed by atoms with van der Waals surface area (Å²) in [7, 11) is 0. The first-order valence-corrected chi connectivity index (χ1v) is 8.45. The molecule has 0 aliphatic carbocycles. The Morgan fingerprint density at radius 1 is 1.45 bits per heavy atom. The van der Waals surface area contributed by atoms with Gasteiger partial charge in [-0.3, -0.25) is 0 Å². The maximum absolute atomic E-state index is 12.2. The van der Waals surface area contributed by atoms with E-state index in [1.807, 2.05) is 26.8 Å². The lowest BCUT2D eigenvalue weighted by molar-refractivity contribution is 0.0246. The van der Waals surface area contributed by atoms with Crippen molar-refractivity contribution >= 4 is 40.4 Å². The van der Waals surface area contributed by atoms with Crippen LogP contribution in [0.4, 0.5) is 4.79 Å². The lowest BCUT2D eigenvalue weighted by atomic mass is 10.2. The van der Waals surface area contributed by atoms with Crippen LogP contribution in [0.5, 0.6) is 5.75 Å². The van der Waals surface area contributed by atoms with Crippen LogP contribution in [0.2, 0.25) is 0 Å². The molecule has 1 N–H and O–H groups in total. The maximum Gasteiger partial charge on any atom is 0.410 e. The highest BCUT2D eigenvalue weighted by atomic mass is 127. The Hall–Kier alpha value is -0.630. The molecule has 1 aromatic rings. The number of nitrogens with zero attached hydrogens (tertiary/aromatic N) is 1. The van der Waals surface area contributed by atoms with Crippen LogP contribution < -0.4 is 0 Å². The first kappa shape index (κ1) is 15.8. The summed E-state index contributed by atoms with van der Waals surface area (Å²) in [4.78, 5) is 15.0. The summed E-state index contributed by atoms with van der Waals surface area (Å²) in [5, 5.41) is 9.83. The normalized spacial score (nSPS) is 15.5. The van der Waals surface area contributed by atoms with Gasteiger partial charge in [0.15, 0.2) is 0 Å². The molecule has 2 rings (SSSR count). The highest BCUT2D eigenvalue weighted by Gasteiger charge is 2.26. The fourth-order valence-electron chi connectivity index (χ4n) is 1.89. The Bertz CT molecular complexity index is 528. The molecular formula is C14H18INO3S. The number of carbonyl (C=O) groups is 1. The number of fused-ring (bicyclic) bond motifs is 1. The molecule has 1 aliphatic rings. The van der Waals surface area contributed by atoms with Crippen molar-refractivity contribution in [2.45, 2.75) is 37.8 Å². The van der Waals surface area contributed by atoms with Gasteiger partial charge in [-0.15, -0.1) is 11.8 Å². The van der Waals surface area contributed by atoms with Gasteiger partial charge in [-0.25, -0.2) is 4.79 Å². The molecule has 0 unspecified atom stereocenters. The van der Waals surface area contributed by atoms with Crippen molar-refractivity contribution in [1.29, 1.82) is 0 Å². The third-order valence-corrected chi connectivity index (χ3v) is 5.08. The summed E-state index contributed by atoms with van der Waals surface area (Å²) < 4.78 is 6.24. The summed E-state index contributed by atoms with van der Waals surface area (Å²) in [5.41, 5.74) is 0.504. The van der Waals surface area contributed by atoms with Crippen molar-refractivity contribution in [1.82, 2.24) is 4.90 Å². The lowest BCUT2D eigenvalue weighted by Gasteiger charge is -2.26. The molecule has 1 amide bonds. The van der Waals surface area contributed by atoms with Gasteiger partial charge in [-0.05, 0) is 55.5 Å². The van der Waals surface area contributed by atoms with Gasteiger partial charge in [-0.2, -0.15) is 0 Å². The lowest BCUT2D eigenvalue weighted by Crippen LogP contribution is -2.37. The van der Waals surface area contributed by atoms with Gasteiger partial charge in [0, 0.05) is 22.8 Å². The smallest absolute Gasteiger partial charge is 0.410 e. The number of aromatic hydroxyl groups is 1. The van der Waals surface area contributed by atoms with E-state index in [-0.39, 0.29) is 11.8 Å². The number of benzene rings is 1. The number of hydrogen-bond acceptors (Lipinski definition) is 4. The summed E-state index contributed by atoms with van der Waals surface area (Å²) in [6.07, 6.45) is -0.301. The molecule has 0 atom stereocenters. The summed E-state index contributed by atoms with van der Waals surface area (Å²) in [6.45, 7) is 6.71. The molecule has 0 radical (unpaired) electrons. The summed E-state index contributed by atoms with van der Waals surface area (Å²) in [5.74, 6) is 1.09. The standard InChI is InChI=1S/C14H18INO3S/c1-14(2,3)19-13(18)16-6-7-20-11-5-4-10(17)12(15)9(11)8-16/h4-5,17H,6-8H2,1-3H3. The zero-order valence-electron chi connectivity index (χ0n) is 11.8. The molecule has 20 heavy (non-hydrogen) atoms. The van der Waals surface area contributed by atoms with E-state index in [4.69, 9.17) is 4.74 Å². The van der Waals surface area contributed by atoms with Crippen LogP contribution in [0.15, 0.2) is 17.0 Å². The van der Waals surface area contributed by atoms with Gasteiger partial charge in [-0.1, -0.05) is 0 Å². The molecule has 6 heteroatoms. The van der Waals surface area contributed by atoms with Crippen molar-refractivity contribution in [3.63, 3.8) is 0 Å². The zero-order chi connectivity index (χ0) is 14.9. The molecule has 0 fully saturated rings. The second kappa shape index (κ2) is 6.01. The second-order valence-corrected chi connectivity index (χ2v) is 7.84. The minimum Gasteiger partial charge on any atom is -0.507 e. The van der Waals surface area contributed by atoms with Crippen LogP contribution in [0.1, 0.15) is 26.3 Å². The van der Waals surface area contributed by atoms with E-state index in [2.05, 4.69) is 22.6 Å². The molecule has 1 aromatic carbocycles. The third kappa shape index (κ3) is 3.72. The van der Waals surface area contributed by atoms with Gasteiger partial charge < -0.3 is 14.7 Å². The predicted octanol–water partition coefficient (Wildman–Crippen LogP) is 3.84. The van der Waals surface area contributed by atoms with Crippen LogP contribution in [0.25, 0.3) is 0 Å². The molecule has 110 valence electrons. The minimum absolute atomic E-state index is 0.260. The number of carbonyl (C=O) groups excluding carboxylic acids is 1. The Morgan fingerprint density at radius 2 is 2.15 bits per heavy atom. The molecule has 0 aromatic heterocycles. The van der Waals surface area contributed by atoms with Crippen LogP contribution >= 0.6 is 34.4 Å². The molecule has 0 saturated carbocycles. The largest absolute Gasteiger partial charge is 0.507 e. The third-order valence-electron chi connectivity index (χ3n) is 2.80. The fraction of sp³-hybridized carbons (Fsp3) is 0.500. The van der Waals surface area contributed by atoms with E-state index in [9.17, 15) is 9.90 Å². The highest BCUT2D eigenvalue weighted by Crippen LogP contribution is 2.35. The van der Waals surface area contributed by atoms with Crippen molar-refractivity contribution in [2.24, 2.45) is 0 Å². The highest BCUT2D eigenvalue weighted by molar-refractivity contribution is 14.1. The van der Waals surface area contributed by atoms with Crippen molar-refractivity contribution in [3.05, 3.63) is 21.3 Å². The second-order valence-electron chi connectivity index (χ2n) is 5.63.